The fraction of sp³-hybridized carbons (Fsp3) is 0.440. The molecule has 3 N–H and O–H groups in total. The van der Waals surface area contributed by atoms with E-state index >= 15 is 0 Å². The highest BCUT2D eigenvalue weighted by Crippen LogP contribution is 2.24. The average molecular weight is 574 g/mol. The van der Waals surface area contributed by atoms with Crippen LogP contribution in [-0.4, -0.2) is 58.2 Å². The molecule has 0 saturated carbocycles. The molecule has 2 aromatic rings. The van der Waals surface area contributed by atoms with E-state index in [1.807, 2.05) is 32.0 Å². The van der Waals surface area contributed by atoms with E-state index in [2.05, 4.69) is 15.4 Å². The summed E-state index contributed by atoms with van der Waals surface area (Å²) in [5.74, 6) is 0.304. The standard InChI is InChI=1S/C25H34Cl2N4O5S/c1-18(2)15-21(30-24(32)29-20-9-5-4-6-10-20)17-31(3)25(33)36-14-8-7-13-28-37(34,35)23-12-11-19(26)16-22(23)27/h4-6,9-12,16,18,21,28H,7-8,13-15,17H2,1-3H3,(H2,29,30,32)/t21-/m0/s1. The molecule has 0 fully saturated rings. The second-order valence-electron chi connectivity index (χ2n) is 8.97. The molecule has 0 spiro atoms. The monoisotopic (exact) mass is 572 g/mol. The largest absolute Gasteiger partial charge is 0.449 e. The molecule has 0 heterocycles. The summed E-state index contributed by atoms with van der Waals surface area (Å²) < 4.78 is 32.6. The van der Waals surface area contributed by atoms with Gasteiger partial charge in [0.2, 0.25) is 10.0 Å². The number of rotatable bonds is 13. The number of hydrogen-bond acceptors (Lipinski definition) is 5. The van der Waals surface area contributed by atoms with Gasteiger partial charge in [-0.2, -0.15) is 0 Å². The molecule has 204 valence electrons. The second kappa shape index (κ2) is 15.0. The molecule has 37 heavy (non-hydrogen) atoms. The Morgan fingerprint density at radius 3 is 2.41 bits per heavy atom. The van der Waals surface area contributed by atoms with E-state index in [0.29, 0.717) is 35.9 Å². The Morgan fingerprint density at radius 2 is 1.76 bits per heavy atom. The van der Waals surface area contributed by atoms with Crippen molar-refractivity contribution in [1.29, 1.82) is 0 Å². The second-order valence-corrected chi connectivity index (χ2v) is 11.5. The van der Waals surface area contributed by atoms with E-state index < -0.39 is 16.1 Å². The molecule has 0 saturated heterocycles. The molecule has 12 heteroatoms. The molecule has 0 aliphatic rings. The Labute approximate surface area is 228 Å². The number of urea groups is 1. The first-order chi connectivity index (χ1) is 17.5. The van der Waals surface area contributed by atoms with E-state index in [1.54, 1.807) is 19.2 Å². The molecule has 0 bridgehead atoms. The molecule has 2 aromatic carbocycles. The molecule has 0 aliphatic carbocycles. The first-order valence-electron chi connectivity index (χ1n) is 11.9. The minimum absolute atomic E-state index is 0.0415. The van der Waals surface area contributed by atoms with E-state index in [0.717, 1.165) is 0 Å². The van der Waals surface area contributed by atoms with Gasteiger partial charge in [0, 0.05) is 36.9 Å². The molecule has 9 nitrogen and oxygen atoms in total. The third-order valence-electron chi connectivity index (χ3n) is 5.20. The van der Waals surface area contributed by atoms with Crippen molar-refractivity contribution in [3.05, 3.63) is 58.6 Å². The summed E-state index contributed by atoms with van der Waals surface area (Å²) in [4.78, 5) is 26.2. The van der Waals surface area contributed by atoms with E-state index in [9.17, 15) is 18.0 Å². The van der Waals surface area contributed by atoms with Crippen molar-refractivity contribution >= 4 is 51.0 Å². The van der Waals surface area contributed by atoms with Crippen LogP contribution in [0.2, 0.25) is 10.0 Å². The number of nitrogens with zero attached hydrogens (tertiary/aromatic N) is 1. The highest BCUT2D eigenvalue weighted by molar-refractivity contribution is 7.89. The summed E-state index contributed by atoms with van der Waals surface area (Å²) in [5, 5.41) is 6.09. The number of para-hydroxylation sites is 1. The van der Waals surface area contributed by atoms with Crippen LogP contribution in [0.4, 0.5) is 15.3 Å². The van der Waals surface area contributed by atoms with Gasteiger partial charge in [0.1, 0.15) is 4.90 Å². The Balaban J connectivity index is 1.73. The van der Waals surface area contributed by atoms with Crippen molar-refractivity contribution in [2.24, 2.45) is 5.92 Å². The Morgan fingerprint density at radius 1 is 1.05 bits per heavy atom. The lowest BCUT2D eigenvalue weighted by atomic mass is 10.0. The first kappa shape index (κ1) is 30.7. The maximum atomic E-state index is 12.4. The van der Waals surface area contributed by atoms with Crippen molar-refractivity contribution in [3.8, 4) is 0 Å². The summed E-state index contributed by atoms with van der Waals surface area (Å²) >= 11 is 11.8. The van der Waals surface area contributed by atoms with Crippen LogP contribution in [0.1, 0.15) is 33.1 Å². The summed E-state index contributed by atoms with van der Waals surface area (Å²) in [6.07, 6.45) is 1.08. The minimum Gasteiger partial charge on any atom is -0.449 e. The molecule has 1 atom stereocenters. The van der Waals surface area contributed by atoms with Crippen molar-refractivity contribution < 1.29 is 22.7 Å². The topological polar surface area (TPSA) is 117 Å². The van der Waals surface area contributed by atoms with Crippen LogP contribution in [0, 0.1) is 5.92 Å². The maximum Gasteiger partial charge on any atom is 0.409 e. The number of hydrogen-bond donors (Lipinski definition) is 3. The molecular formula is C25H34Cl2N4O5S. The number of amides is 3. The number of unbranched alkanes of at least 4 members (excludes halogenated alkanes) is 1. The SMILES string of the molecule is CC(C)C[C@@H](CN(C)C(=O)OCCCCNS(=O)(=O)c1ccc(Cl)cc1Cl)NC(=O)Nc1ccccc1. The zero-order chi connectivity index (χ0) is 27.4. The Hall–Kier alpha value is -2.53. The van der Waals surface area contributed by atoms with Crippen molar-refractivity contribution in [1.82, 2.24) is 14.9 Å². The van der Waals surface area contributed by atoms with Gasteiger partial charge in [-0.3, -0.25) is 0 Å². The molecule has 3 amide bonds. The Kier molecular flexibility index (Phi) is 12.5. The highest BCUT2D eigenvalue weighted by atomic mass is 35.5. The number of nitrogens with one attached hydrogen (secondary N) is 3. The van der Waals surface area contributed by atoms with Crippen LogP contribution >= 0.6 is 23.2 Å². The number of benzene rings is 2. The van der Waals surface area contributed by atoms with E-state index in [-0.39, 0.29) is 41.7 Å². The maximum absolute atomic E-state index is 12.4. The van der Waals surface area contributed by atoms with Gasteiger partial charge in [-0.05, 0) is 55.5 Å². The number of halogens is 2. The number of anilines is 1. The van der Waals surface area contributed by atoms with Crippen LogP contribution in [0.25, 0.3) is 0 Å². The fourth-order valence-electron chi connectivity index (χ4n) is 3.50. The van der Waals surface area contributed by atoms with E-state index in [1.165, 1.54) is 23.1 Å². The number of ether oxygens (including phenoxy) is 1. The predicted octanol–water partition coefficient (Wildman–Crippen LogP) is 5.36. The lowest BCUT2D eigenvalue weighted by molar-refractivity contribution is 0.105. The van der Waals surface area contributed by atoms with Gasteiger partial charge in [-0.25, -0.2) is 22.7 Å². The van der Waals surface area contributed by atoms with Crippen LogP contribution < -0.4 is 15.4 Å². The van der Waals surface area contributed by atoms with Crippen LogP contribution in [0.3, 0.4) is 0 Å². The van der Waals surface area contributed by atoms with Gasteiger partial charge >= 0.3 is 12.1 Å². The number of carbonyl (C=O) groups excluding carboxylic acids is 2. The van der Waals surface area contributed by atoms with Crippen molar-refractivity contribution in [3.63, 3.8) is 0 Å². The quantitative estimate of drug-likeness (QED) is 0.279. The number of likely N-dealkylation sites (N-methyl/N-ethyl adjacent to an activating group) is 1. The normalized spacial score (nSPS) is 12.2. The first-order valence-corrected chi connectivity index (χ1v) is 14.2. The summed E-state index contributed by atoms with van der Waals surface area (Å²) in [7, 11) is -2.17. The molecule has 0 unspecified atom stereocenters. The van der Waals surface area contributed by atoms with Gasteiger partial charge in [-0.1, -0.05) is 55.2 Å². The van der Waals surface area contributed by atoms with Crippen LogP contribution in [0.5, 0.6) is 0 Å². The van der Waals surface area contributed by atoms with Crippen molar-refractivity contribution in [2.45, 2.75) is 44.0 Å². The zero-order valence-electron chi connectivity index (χ0n) is 21.2. The molecule has 0 radical (unpaired) electrons. The smallest absolute Gasteiger partial charge is 0.409 e. The van der Waals surface area contributed by atoms with Gasteiger partial charge < -0.3 is 20.3 Å². The molecule has 0 aliphatic heterocycles. The zero-order valence-corrected chi connectivity index (χ0v) is 23.5. The fourth-order valence-corrected chi connectivity index (χ4v) is 5.35. The number of carbonyl (C=O) groups is 2. The lowest BCUT2D eigenvalue weighted by Crippen LogP contribution is -2.46. The molecule has 0 aromatic heterocycles. The average Bonchev–Trinajstić information content (AvgIpc) is 2.80. The van der Waals surface area contributed by atoms with Gasteiger partial charge in [0.25, 0.3) is 0 Å². The lowest BCUT2D eigenvalue weighted by Gasteiger charge is -2.26. The van der Waals surface area contributed by atoms with Gasteiger partial charge in [0.15, 0.2) is 0 Å². The highest BCUT2D eigenvalue weighted by Gasteiger charge is 2.20. The minimum atomic E-state index is -3.77. The van der Waals surface area contributed by atoms with Gasteiger partial charge in [-0.15, -0.1) is 0 Å². The van der Waals surface area contributed by atoms with Gasteiger partial charge in [0.05, 0.1) is 11.6 Å². The van der Waals surface area contributed by atoms with E-state index in [4.69, 9.17) is 27.9 Å². The predicted molar refractivity (Wildman–Crippen MR) is 147 cm³/mol. The summed E-state index contributed by atoms with van der Waals surface area (Å²) in [6, 6.07) is 12.6. The number of sulfonamides is 1. The van der Waals surface area contributed by atoms with Crippen molar-refractivity contribution in [2.75, 3.05) is 32.1 Å². The third-order valence-corrected chi connectivity index (χ3v) is 7.38. The summed E-state index contributed by atoms with van der Waals surface area (Å²) in [5.41, 5.74) is 0.676. The molecule has 2 rings (SSSR count). The molecular weight excluding hydrogens is 539 g/mol. The van der Waals surface area contributed by atoms with Crippen LogP contribution in [0.15, 0.2) is 53.4 Å². The van der Waals surface area contributed by atoms with Crippen LogP contribution in [-0.2, 0) is 14.8 Å². The third kappa shape index (κ3) is 11.2. The summed E-state index contributed by atoms with van der Waals surface area (Å²) in [6.45, 7) is 4.64. The Bertz CT molecular complexity index is 1130.